The number of piperazine rings is 1. The maximum absolute atomic E-state index is 12.0. The second-order valence-corrected chi connectivity index (χ2v) is 6.73. The van der Waals surface area contributed by atoms with Gasteiger partial charge in [-0.05, 0) is 39.3 Å². The minimum atomic E-state index is -1.51. The van der Waals surface area contributed by atoms with Crippen LogP contribution in [0.1, 0.15) is 26.3 Å². The third-order valence-corrected chi connectivity index (χ3v) is 3.67. The number of aryl methyl sites for hydroxylation is 1. The number of hydrogen-bond acceptors (Lipinski definition) is 6. The standard InChI is InChI=1S/C15H24BN3O4/c1-11-9-13(17-10-12(11)16(21)22)18-5-7-19(8-6-18)14(20)23-15(2,3)4/h9-10,21-22H,5-8H2,1-4H3. The van der Waals surface area contributed by atoms with Gasteiger partial charge in [-0.1, -0.05) is 0 Å². The molecule has 7 nitrogen and oxygen atoms in total. The summed E-state index contributed by atoms with van der Waals surface area (Å²) in [6, 6.07) is 1.83. The van der Waals surface area contributed by atoms with Crippen molar-refractivity contribution < 1.29 is 19.6 Å². The Morgan fingerprint density at radius 2 is 1.87 bits per heavy atom. The van der Waals surface area contributed by atoms with Gasteiger partial charge in [0.05, 0.1) is 0 Å². The fourth-order valence-electron chi connectivity index (χ4n) is 2.44. The number of carbonyl (C=O) groups is 1. The average molecular weight is 321 g/mol. The van der Waals surface area contributed by atoms with Crippen LogP contribution in [0.5, 0.6) is 0 Å². The highest BCUT2D eigenvalue weighted by Gasteiger charge is 2.26. The van der Waals surface area contributed by atoms with Gasteiger partial charge in [0.25, 0.3) is 0 Å². The Hall–Kier alpha value is -1.80. The molecule has 0 aliphatic carbocycles. The van der Waals surface area contributed by atoms with Crippen LogP contribution in [0.2, 0.25) is 0 Å². The van der Waals surface area contributed by atoms with Gasteiger partial charge in [0.15, 0.2) is 0 Å². The van der Waals surface area contributed by atoms with E-state index in [2.05, 4.69) is 9.88 Å². The predicted octanol–water partition coefficient (Wildman–Crippen LogP) is 0.127. The molecule has 2 heterocycles. The fourth-order valence-corrected chi connectivity index (χ4v) is 2.44. The third-order valence-electron chi connectivity index (χ3n) is 3.67. The molecule has 1 amide bonds. The van der Waals surface area contributed by atoms with Crippen LogP contribution in [0, 0.1) is 6.92 Å². The molecule has 0 unspecified atom stereocenters. The number of carbonyl (C=O) groups excluding carboxylic acids is 1. The van der Waals surface area contributed by atoms with E-state index in [1.165, 1.54) is 6.20 Å². The minimum absolute atomic E-state index is 0.292. The molecule has 0 bridgehead atoms. The smallest absolute Gasteiger partial charge is 0.444 e. The fraction of sp³-hybridized carbons (Fsp3) is 0.600. The van der Waals surface area contributed by atoms with E-state index in [-0.39, 0.29) is 6.09 Å². The van der Waals surface area contributed by atoms with Crippen molar-refractivity contribution in [2.24, 2.45) is 0 Å². The molecule has 0 saturated carbocycles. The summed E-state index contributed by atoms with van der Waals surface area (Å²) in [5.41, 5.74) is 0.689. The molecule has 0 aromatic carbocycles. The van der Waals surface area contributed by atoms with E-state index in [1.807, 2.05) is 33.8 Å². The van der Waals surface area contributed by atoms with Gasteiger partial charge in [0, 0.05) is 37.8 Å². The predicted molar refractivity (Wildman–Crippen MR) is 88.8 cm³/mol. The number of hydrogen-bond donors (Lipinski definition) is 2. The highest BCUT2D eigenvalue weighted by molar-refractivity contribution is 6.59. The lowest BCUT2D eigenvalue weighted by Crippen LogP contribution is -2.50. The van der Waals surface area contributed by atoms with Crippen LogP contribution in [0.15, 0.2) is 12.3 Å². The van der Waals surface area contributed by atoms with Crippen LogP contribution in [0.3, 0.4) is 0 Å². The first kappa shape index (κ1) is 17.6. The van der Waals surface area contributed by atoms with E-state index in [4.69, 9.17) is 4.74 Å². The second-order valence-electron chi connectivity index (χ2n) is 6.73. The maximum atomic E-state index is 12.0. The molecule has 1 aromatic heterocycles. The van der Waals surface area contributed by atoms with Crippen molar-refractivity contribution in [3.8, 4) is 0 Å². The summed E-state index contributed by atoms with van der Waals surface area (Å²) in [4.78, 5) is 20.1. The van der Waals surface area contributed by atoms with Crippen molar-refractivity contribution in [2.75, 3.05) is 31.1 Å². The molecule has 126 valence electrons. The molecule has 1 saturated heterocycles. The molecule has 8 heteroatoms. The van der Waals surface area contributed by atoms with Gasteiger partial charge >= 0.3 is 13.2 Å². The molecule has 1 aromatic rings. The normalized spacial score (nSPS) is 15.6. The van der Waals surface area contributed by atoms with Crippen LogP contribution < -0.4 is 10.4 Å². The van der Waals surface area contributed by atoms with Crippen LogP contribution in [-0.2, 0) is 4.74 Å². The minimum Gasteiger partial charge on any atom is -0.444 e. The lowest BCUT2D eigenvalue weighted by Gasteiger charge is -2.36. The Morgan fingerprint density at radius 1 is 1.26 bits per heavy atom. The summed E-state index contributed by atoms with van der Waals surface area (Å²) in [5, 5.41) is 18.5. The number of amides is 1. The molecule has 1 aliphatic heterocycles. The molecular weight excluding hydrogens is 297 g/mol. The Bertz CT molecular complexity index is 566. The largest absolute Gasteiger partial charge is 0.490 e. The van der Waals surface area contributed by atoms with Crippen LogP contribution in [0.25, 0.3) is 0 Å². The van der Waals surface area contributed by atoms with Crippen molar-refractivity contribution in [1.29, 1.82) is 0 Å². The monoisotopic (exact) mass is 321 g/mol. The molecule has 2 N–H and O–H groups in total. The molecule has 1 aliphatic rings. The topological polar surface area (TPSA) is 86.1 Å². The van der Waals surface area contributed by atoms with E-state index in [0.29, 0.717) is 31.6 Å². The zero-order chi connectivity index (χ0) is 17.2. The number of rotatable bonds is 2. The summed E-state index contributed by atoms with van der Waals surface area (Å²) in [6.07, 6.45) is 1.19. The zero-order valence-electron chi connectivity index (χ0n) is 14.1. The van der Waals surface area contributed by atoms with Gasteiger partial charge in [0.2, 0.25) is 0 Å². The highest BCUT2D eigenvalue weighted by atomic mass is 16.6. The van der Waals surface area contributed by atoms with Gasteiger partial charge in [-0.25, -0.2) is 9.78 Å². The molecule has 23 heavy (non-hydrogen) atoms. The summed E-state index contributed by atoms with van der Waals surface area (Å²) in [5.74, 6) is 0.774. The van der Waals surface area contributed by atoms with Crippen molar-refractivity contribution >= 4 is 24.5 Å². The van der Waals surface area contributed by atoms with Crippen LogP contribution >= 0.6 is 0 Å². The van der Waals surface area contributed by atoms with E-state index in [0.717, 1.165) is 11.4 Å². The maximum Gasteiger partial charge on any atom is 0.490 e. The van der Waals surface area contributed by atoms with E-state index in [9.17, 15) is 14.8 Å². The number of nitrogens with zero attached hydrogens (tertiary/aromatic N) is 3. The first-order valence-electron chi connectivity index (χ1n) is 7.73. The van der Waals surface area contributed by atoms with Crippen LogP contribution in [0.4, 0.5) is 10.6 Å². The molecule has 0 spiro atoms. The van der Waals surface area contributed by atoms with Crippen molar-refractivity contribution in [3.05, 3.63) is 17.8 Å². The van der Waals surface area contributed by atoms with Crippen molar-refractivity contribution in [3.63, 3.8) is 0 Å². The van der Waals surface area contributed by atoms with Gasteiger partial charge in [0.1, 0.15) is 11.4 Å². The van der Waals surface area contributed by atoms with Crippen molar-refractivity contribution in [1.82, 2.24) is 9.88 Å². The third kappa shape index (κ3) is 4.59. The molecular formula is C15H24BN3O4. The summed E-state index contributed by atoms with van der Waals surface area (Å²) in [6.45, 7) is 9.83. The van der Waals surface area contributed by atoms with E-state index in [1.54, 1.807) is 4.90 Å². The highest BCUT2D eigenvalue weighted by Crippen LogP contribution is 2.16. The number of aromatic nitrogens is 1. The van der Waals surface area contributed by atoms with Crippen LogP contribution in [-0.4, -0.2) is 64.9 Å². The number of pyridine rings is 1. The first-order valence-corrected chi connectivity index (χ1v) is 7.73. The number of anilines is 1. The Kier molecular flexibility index (Phi) is 5.16. The van der Waals surface area contributed by atoms with Gasteiger partial charge in [-0.3, -0.25) is 0 Å². The number of ether oxygens (including phenoxy) is 1. The lowest BCUT2D eigenvalue weighted by atomic mass is 9.78. The van der Waals surface area contributed by atoms with Gasteiger partial charge in [-0.15, -0.1) is 0 Å². The SMILES string of the molecule is Cc1cc(N2CCN(C(=O)OC(C)(C)C)CC2)ncc1B(O)O. The Morgan fingerprint density at radius 3 is 2.35 bits per heavy atom. The van der Waals surface area contributed by atoms with Crippen molar-refractivity contribution in [2.45, 2.75) is 33.3 Å². The summed E-state index contributed by atoms with van der Waals surface area (Å²) in [7, 11) is -1.51. The Labute approximate surface area is 137 Å². The zero-order valence-corrected chi connectivity index (χ0v) is 14.1. The second kappa shape index (κ2) is 6.76. The van der Waals surface area contributed by atoms with Gasteiger partial charge in [-0.2, -0.15) is 0 Å². The van der Waals surface area contributed by atoms with E-state index >= 15 is 0 Å². The average Bonchev–Trinajstić information content (AvgIpc) is 2.45. The lowest BCUT2D eigenvalue weighted by molar-refractivity contribution is 0.0240. The Balaban J connectivity index is 1.97. The van der Waals surface area contributed by atoms with Gasteiger partial charge < -0.3 is 24.6 Å². The van der Waals surface area contributed by atoms with E-state index < -0.39 is 12.7 Å². The summed E-state index contributed by atoms with van der Waals surface area (Å²) >= 11 is 0. The molecule has 1 fully saturated rings. The molecule has 0 atom stereocenters. The molecule has 2 rings (SSSR count). The molecule has 0 radical (unpaired) electrons. The quantitative estimate of drug-likeness (QED) is 0.753. The summed E-state index contributed by atoms with van der Waals surface area (Å²) < 4.78 is 5.38. The first-order chi connectivity index (χ1) is 10.7.